The predicted octanol–water partition coefficient (Wildman–Crippen LogP) is 3.57. The van der Waals surface area contributed by atoms with E-state index in [0.717, 1.165) is 30.4 Å². The lowest BCUT2D eigenvalue weighted by molar-refractivity contribution is -0.167. The average molecular weight is 485 g/mol. The zero-order valence-electron chi connectivity index (χ0n) is 19.9. The second kappa shape index (κ2) is 14.1. The summed E-state index contributed by atoms with van der Waals surface area (Å²) in [6.45, 7) is 2.69. The minimum atomic E-state index is -0.997. The van der Waals surface area contributed by atoms with Crippen LogP contribution >= 0.6 is 0 Å². The Bertz CT molecular complexity index is 944. The highest BCUT2D eigenvalue weighted by molar-refractivity contribution is 5.96. The summed E-state index contributed by atoms with van der Waals surface area (Å²) in [5.41, 5.74) is 2.11. The van der Waals surface area contributed by atoms with Crippen LogP contribution in [-0.2, 0) is 41.6 Å². The van der Waals surface area contributed by atoms with Crippen molar-refractivity contribution in [2.75, 3.05) is 25.1 Å². The highest BCUT2D eigenvalue weighted by Crippen LogP contribution is 2.15. The van der Waals surface area contributed by atoms with Gasteiger partial charge in [0.2, 0.25) is 5.91 Å². The average Bonchev–Trinajstić information content (AvgIpc) is 2.88. The number of ether oxygens (including phenoxy) is 4. The molecule has 2 aromatic rings. The van der Waals surface area contributed by atoms with Gasteiger partial charge in [-0.15, -0.1) is 0 Å². The van der Waals surface area contributed by atoms with Crippen LogP contribution < -0.4 is 10.6 Å². The number of rotatable bonds is 11. The van der Waals surface area contributed by atoms with Crippen LogP contribution in [0.15, 0.2) is 54.6 Å². The molecule has 2 amide bonds. The molecule has 0 bridgehead atoms. The molecule has 1 aliphatic heterocycles. The van der Waals surface area contributed by atoms with Crippen molar-refractivity contribution in [3.63, 3.8) is 0 Å². The number of nitrogens with one attached hydrogen (secondary N) is 2. The fourth-order valence-corrected chi connectivity index (χ4v) is 3.45. The van der Waals surface area contributed by atoms with E-state index in [1.54, 1.807) is 31.2 Å². The molecule has 2 N–H and O–H groups in total. The zero-order chi connectivity index (χ0) is 24.9. The topological polar surface area (TPSA) is 112 Å². The van der Waals surface area contributed by atoms with Crippen molar-refractivity contribution in [2.24, 2.45) is 0 Å². The van der Waals surface area contributed by atoms with E-state index in [0.29, 0.717) is 18.9 Å². The molecule has 0 aliphatic carbocycles. The van der Waals surface area contributed by atoms with Crippen LogP contribution in [-0.4, -0.2) is 50.1 Å². The number of hydrogen-bond donors (Lipinski definition) is 2. The van der Waals surface area contributed by atoms with E-state index in [1.807, 2.05) is 30.3 Å². The number of carbonyl (C=O) groups excluding carboxylic acids is 3. The third-order valence-corrected chi connectivity index (χ3v) is 5.28. The molecule has 9 nitrogen and oxygen atoms in total. The smallest absolute Gasteiger partial charge is 0.408 e. The molecule has 1 aliphatic rings. The van der Waals surface area contributed by atoms with Crippen LogP contribution in [0.2, 0.25) is 0 Å². The van der Waals surface area contributed by atoms with E-state index < -0.39 is 24.3 Å². The number of anilines is 1. The van der Waals surface area contributed by atoms with E-state index in [1.165, 1.54) is 0 Å². The second-order valence-electron chi connectivity index (χ2n) is 8.06. The summed E-state index contributed by atoms with van der Waals surface area (Å²) >= 11 is 0. The third-order valence-electron chi connectivity index (χ3n) is 5.28. The predicted molar refractivity (Wildman–Crippen MR) is 129 cm³/mol. The van der Waals surface area contributed by atoms with Gasteiger partial charge in [-0.25, -0.2) is 4.79 Å². The van der Waals surface area contributed by atoms with Crippen molar-refractivity contribution in [3.8, 4) is 0 Å². The van der Waals surface area contributed by atoms with Crippen LogP contribution in [0, 0.1) is 0 Å². The fourth-order valence-electron chi connectivity index (χ4n) is 3.45. The number of amides is 2. The van der Waals surface area contributed by atoms with E-state index in [2.05, 4.69) is 10.6 Å². The normalized spacial score (nSPS) is 16.1. The van der Waals surface area contributed by atoms with Gasteiger partial charge in [0.1, 0.15) is 12.6 Å². The molecule has 1 heterocycles. The summed E-state index contributed by atoms with van der Waals surface area (Å²) in [5, 5.41) is 5.35. The summed E-state index contributed by atoms with van der Waals surface area (Å²) in [5.74, 6) is -0.778. The van der Waals surface area contributed by atoms with Gasteiger partial charge < -0.3 is 29.6 Å². The number of alkyl carbamates (subject to hydrolysis) is 1. The number of hydrogen-bond acceptors (Lipinski definition) is 7. The van der Waals surface area contributed by atoms with E-state index in [4.69, 9.17) is 18.9 Å². The van der Waals surface area contributed by atoms with Crippen LogP contribution in [0.5, 0.6) is 0 Å². The van der Waals surface area contributed by atoms with Crippen molar-refractivity contribution in [1.29, 1.82) is 0 Å². The molecule has 1 fully saturated rings. The first-order chi connectivity index (χ1) is 17.0. The summed E-state index contributed by atoms with van der Waals surface area (Å²) in [6, 6.07) is 15.1. The van der Waals surface area contributed by atoms with E-state index in [9.17, 15) is 14.4 Å². The summed E-state index contributed by atoms with van der Waals surface area (Å²) in [7, 11) is 0. The highest BCUT2D eigenvalue weighted by atomic mass is 16.7. The Balaban J connectivity index is 1.57. The molecule has 2 aromatic carbocycles. The molecule has 0 aromatic heterocycles. The van der Waals surface area contributed by atoms with E-state index >= 15 is 0 Å². The molecule has 35 heavy (non-hydrogen) atoms. The molecule has 3 rings (SSSR count). The molecule has 0 saturated carbocycles. The van der Waals surface area contributed by atoms with E-state index in [-0.39, 0.29) is 25.6 Å². The molecule has 2 atom stereocenters. The van der Waals surface area contributed by atoms with Crippen LogP contribution in [0.4, 0.5) is 10.5 Å². The lowest BCUT2D eigenvalue weighted by Gasteiger charge is -2.25. The Morgan fingerprint density at radius 1 is 1.00 bits per heavy atom. The Morgan fingerprint density at radius 3 is 2.46 bits per heavy atom. The third kappa shape index (κ3) is 9.38. The standard InChI is InChI=1S/C26H32N2O7/c1-2-32-23(29)16-19-11-13-21(14-12-19)27-25(30)22(18-34-24-10-6-7-15-33-24)28-26(31)35-17-20-8-4-3-5-9-20/h3-5,8-9,11-14,22,24H,2,6-7,10,15-18H2,1H3,(H,27,30)(H,28,31). The highest BCUT2D eigenvalue weighted by Gasteiger charge is 2.25. The summed E-state index contributed by atoms with van der Waals surface area (Å²) in [4.78, 5) is 37.0. The number of carbonyl (C=O) groups is 3. The fraction of sp³-hybridized carbons (Fsp3) is 0.423. The van der Waals surface area contributed by atoms with Gasteiger partial charge in [-0.2, -0.15) is 0 Å². The lowest BCUT2D eigenvalue weighted by Crippen LogP contribution is -2.47. The zero-order valence-corrected chi connectivity index (χ0v) is 19.9. The number of esters is 1. The molecule has 0 spiro atoms. The van der Waals surface area contributed by atoms with Gasteiger partial charge in [0.05, 0.1) is 19.6 Å². The maximum atomic E-state index is 13.0. The Hall–Kier alpha value is -3.43. The summed E-state index contributed by atoms with van der Waals surface area (Å²) in [6.07, 6.45) is 1.69. The monoisotopic (exact) mass is 484 g/mol. The Kier molecular flexibility index (Phi) is 10.5. The maximum absolute atomic E-state index is 13.0. The quantitative estimate of drug-likeness (QED) is 0.469. The molecule has 1 saturated heterocycles. The molecular formula is C26H32N2O7. The van der Waals surface area contributed by atoms with Crippen molar-refractivity contribution >= 4 is 23.7 Å². The second-order valence-corrected chi connectivity index (χ2v) is 8.06. The minimum absolute atomic E-state index is 0.0715. The first-order valence-electron chi connectivity index (χ1n) is 11.8. The maximum Gasteiger partial charge on any atom is 0.408 e. The minimum Gasteiger partial charge on any atom is -0.466 e. The van der Waals surface area contributed by atoms with Crippen LogP contribution in [0.1, 0.15) is 37.3 Å². The summed E-state index contributed by atoms with van der Waals surface area (Å²) < 4.78 is 21.5. The van der Waals surface area contributed by atoms with Gasteiger partial charge in [0.25, 0.3) is 0 Å². The van der Waals surface area contributed by atoms with Gasteiger partial charge in [-0.3, -0.25) is 9.59 Å². The van der Waals surface area contributed by atoms with Gasteiger partial charge >= 0.3 is 12.1 Å². The van der Waals surface area contributed by atoms with Crippen molar-refractivity contribution in [2.45, 2.75) is 51.5 Å². The molecule has 2 unspecified atom stereocenters. The first kappa shape index (κ1) is 26.2. The molecular weight excluding hydrogens is 452 g/mol. The van der Waals surface area contributed by atoms with Crippen LogP contribution in [0.25, 0.3) is 0 Å². The van der Waals surface area contributed by atoms with Crippen molar-refractivity contribution in [1.82, 2.24) is 5.32 Å². The molecule has 188 valence electrons. The van der Waals surface area contributed by atoms with Gasteiger partial charge in [0, 0.05) is 12.3 Å². The largest absolute Gasteiger partial charge is 0.466 e. The van der Waals surface area contributed by atoms with Gasteiger partial charge in [-0.1, -0.05) is 42.5 Å². The molecule has 9 heteroatoms. The van der Waals surface area contributed by atoms with Gasteiger partial charge in [0.15, 0.2) is 6.29 Å². The Morgan fingerprint density at radius 2 is 1.77 bits per heavy atom. The first-order valence-corrected chi connectivity index (χ1v) is 11.8. The van der Waals surface area contributed by atoms with Crippen LogP contribution in [0.3, 0.4) is 0 Å². The number of benzene rings is 2. The van der Waals surface area contributed by atoms with Crippen molar-refractivity contribution in [3.05, 3.63) is 65.7 Å². The van der Waals surface area contributed by atoms with Gasteiger partial charge in [-0.05, 0) is 49.4 Å². The SMILES string of the molecule is CCOC(=O)Cc1ccc(NC(=O)C(COC2CCCCO2)NC(=O)OCc2ccccc2)cc1. The Labute approximate surface area is 205 Å². The molecule has 0 radical (unpaired) electrons. The lowest BCUT2D eigenvalue weighted by atomic mass is 10.1. The van der Waals surface area contributed by atoms with Crippen molar-refractivity contribution < 1.29 is 33.3 Å².